The zero-order valence-corrected chi connectivity index (χ0v) is 24.1. The molecule has 0 aromatic heterocycles. The topological polar surface area (TPSA) is 53.0 Å². The molecule has 212 valence electrons. The van der Waals surface area contributed by atoms with Crippen LogP contribution in [0.25, 0.3) is 0 Å². The Labute approximate surface area is 236 Å². The lowest BCUT2D eigenvalue weighted by molar-refractivity contribution is -0.151. The first-order chi connectivity index (χ1) is 18.3. The third kappa shape index (κ3) is 6.65. The molecule has 39 heavy (non-hydrogen) atoms. The van der Waals surface area contributed by atoms with Gasteiger partial charge in [-0.15, -0.1) is 11.8 Å². The van der Waals surface area contributed by atoms with E-state index in [1.54, 1.807) is 11.8 Å². The number of alkyl halides is 3. The van der Waals surface area contributed by atoms with Crippen molar-refractivity contribution in [1.82, 2.24) is 4.31 Å². The molecule has 0 radical (unpaired) electrons. The number of benzene rings is 2. The smallest absolute Gasteiger partial charge is 0.344 e. The summed E-state index contributed by atoms with van der Waals surface area (Å²) < 4.78 is 50.2. The molecule has 5 nitrogen and oxygen atoms in total. The number of hydrogen-bond donors (Lipinski definition) is 1. The van der Waals surface area contributed by atoms with Crippen LogP contribution in [0, 0.1) is 5.41 Å². The molecular formula is C29H35F3N2O3S2. The van der Waals surface area contributed by atoms with Crippen molar-refractivity contribution >= 4 is 41.1 Å². The predicted molar refractivity (Wildman–Crippen MR) is 150 cm³/mol. The number of halogens is 3. The van der Waals surface area contributed by atoms with Gasteiger partial charge in [-0.2, -0.15) is 0 Å². The molecule has 5 rings (SSSR count). The van der Waals surface area contributed by atoms with E-state index in [0.29, 0.717) is 29.4 Å². The number of fused-ring (bicyclic) bond motifs is 1. The second-order valence-electron chi connectivity index (χ2n) is 11.6. The Morgan fingerprint density at radius 2 is 1.87 bits per heavy atom. The molecule has 1 aliphatic heterocycles. The number of carboxylic acid groups (broad SMARTS) is 1. The van der Waals surface area contributed by atoms with Crippen LogP contribution in [0.15, 0.2) is 52.3 Å². The number of carboxylic acids is 1. The van der Waals surface area contributed by atoms with E-state index in [-0.39, 0.29) is 12.5 Å². The quantitative estimate of drug-likeness (QED) is 0.288. The van der Waals surface area contributed by atoms with Crippen LogP contribution in [0.4, 0.5) is 24.5 Å². The molecule has 2 saturated carbocycles. The zero-order valence-electron chi connectivity index (χ0n) is 22.5. The molecule has 2 fully saturated rings. The molecule has 1 N–H and O–H groups in total. The Balaban J connectivity index is 1.51. The average Bonchev–Trinajstić information content (AvgIpc) is 3.65. The van der Waals surface area contributed by atoms with Gasteiger partial charge in [-0.05, 0) is 94.6 Å². The van der Waals surface area contributed by atoms with Crippen LogP contribution in [-0.4, -0.2) is 58.5 Å². The molecule has 2 atom stereocenters. The van der Waals surface area contributed by atoms with Gasteiger partial charge in [0, 0.05) is 29.9 Å². The molecule has 2 aromatic rings. The summed E-state index contributed by atoms with van der Waals surface area (Å²) in [5, 5.41) is 9.70. The number of nitrogens with zero attached hydrogens (tertiary/aromatic N) is 2. The number of hydrogen-bond acceptors (Lipinski definition) is 6. The summed E-state index contributed by atoms with van der Waals surface area (Å²) in [5.41, 5.74) is -0.135. The maximum Gasteiger partial charge on any atom is 0.344 e. The van der Waals surface area contributed by atoms with E-state index in [9.17, 15) is 23.1 Å². The molecular weight excluding hydrogens is 545 g/mol. The van der Waals surface area contributed by atoms with E-state index < -0.39 is 24.2 Å². The fourth-order valence-corrected chi connectivity index (χ4v) is 7.95. The van der Waals surface area contributed by atoms with Crippen molar-refractivity contribution in [3.63, 3.8) is 0 Å². The summed E-state index contributed by atoms with van der Waals surface area (Å²) in [7, 11) is 1.90. The van der Waals surface area contributed by atoms with Crippen LogP contribution < -0.4 is 9.64 Å². The Hall–Kier alpha value is -2.04. The number of aliphatic carboxylic acids is 1. The van der Waals surface area contributed by atoms with Gasteiger partial charge in [-0.25, -0.2) is 22.3 Å². The molecule has 1 heterocycles. The third-order valence-corrected chi connectivity index (χ3v) is 10.3. The van der Waals surface area contributed by atoms with Crippen LogP contribution in [0.5, 0.6) is 5.75 Å². The van der Waals surface area contributed by atoms with Crippen LogP contribution >= 0.6 is 23.7 Å². The number of rotatable bonds is 10. The van der Waals surface area contributed by atoms with Gasteiger partial charge in [0.1, 0.15) is 12.4 Å². The van der Waals surface area contributed by atoms with Gasteiger partial charge in [0.15, 0.2) is 0 Å². The largest absolute Gasteiger partial charge is 0.488 e. The van der Waals surface area contributed by atoms with Gasteiger partial charge < -0.3 is 14.7 Å². The van der Waals surface area contributed by atoms with Gasteiger partial charge in [0.2, 0.25) is 11.6 Å². The number of para-hydroxylation sites is 1. The third-order valence-electron chi connectivity index (χ3n) is 7.97. The Bertz CT molecular complexity index is 1200. The number of ether oxygens (including phenoxy) is 1. The normalized spacial score (nSPS) is 22.5. The minimum atomic E-state index is -2.75. The van der Waals surface area contributed by atoms with E-state index in [1.165, 1.54) is 24.8 Å². The van der Waals surface area contributed by atoms with Crippen LogP contribution in [0.1, 0.15) is 52.4 Å². The minimum absolute atomic E-state index is 0.156. The summed E-state index contributed by atoms with van der Waals surface area (Å²) >= 11 is 3.15. The average molecular weight is 581 g/mol. The summed E-state index contributed by atoms with van der Waals surface area (Å²) in [6.07, 6.45) is 4.93. The van der Waals surface area contributed by atoms with Gasteiger partial charge >= 0.3 is 5.97 Å². The van der Waals surface area contributed by atoms with E-state index in [1.807, 2.05) is 53.8 Å². The lowest BCUT2D eigenvalue weighted by atomic mass is 9.81. The number of carbonyl (C=O) groups is 1. The van der Waals surface area contributed by atoms with Crippen LogP contribution in [-0.2, 0) is 4.79 Å². The summed E-state index contributed by atoms with van der Waals surface area (Å²) in [6, 6.07) is 13.6. The number of anilines is 2. The Kier molecular flexibility index (Phi) is 7.85. The molecule has 0 amide bonds. The first kappa shape index (κ1) is 28.5. The van der Waals surface area contributed by atoms with Crippen molar-refractivity contribution in [2.45, 2.75) is 85.0 Å². The lowest BCUT2D eigenvalue weighted by Gasteiger charge is -2.36. The summed E-state index contributed by atoms with van der Waals surface area (Å²) in [4.78, 5) is 15.2. The van der Waals surface area contributed by atoms with Gasteiger partial charge in [0.25, 0.3) is 0 Å². The molecule has 2 aromatic carbocycles. The molecule has 10 heteroatoms. The summed E-state index contributed by atoms with van der Waals surface area (Å²) in [5.74, 6) is -3.87. The fraction of sp³-hybridized carbons (Fsp3) is 0.552. The molecule has 0 saturated heterocycles. The monoisotopic (exact) mass is 580 g/mol. The lowest BCUT2D eigenvalue weighted by Crippen LogP contribution is -2.36. The van der Waals surface area contributed by atoms with Crippen molar-refractivity contribution in [2.24, 2.45) is 5.41 Å². The van der Waals surface area contributed by atoms with Gasteiger partial charge in [-0.1, -0.05) is 18.2 Å². The Morgan fingerprint density at radius 3 is 2.49 bits per heavy atom. The highest BCUT2D eigenvalue weighted by Gasteiger charge is 2.53. The first-order valence-corrected chi connectivity index (χ1v) is 15.0. The first-order valence-electron chi connectivity index (χ1n) is 13.4. The maximum atomic E-state index is 14.6. The van der Waals surface area contributed by atoms with Crippen molar-refractivity contribution in [3.8, 4) is 5.75 Å². The Morgan fingerprint density at radius 1 is 1.18 bits per heavy atom. The maximum absolute atomic E-state index is 14.6. The highest BCUT2D eigenvalue weighted by Crippen LogP contribution is 2.65. The second-order valence-corrected chi connectivity index (χ2v) is 14.1. The van der Waals surface area contributed by atoms with E-state index in [2.05, 4.69) is 4.90 Å². The molecule has 1 spiro atoms. The molecule has 1 unspecified atom stereocenters. The fourth-order valence-electron chi connectivity index (χ4n) is 5.25. The highest BCUT2D eigenvalue weighted by molar-refractivity contribution is 8.00. The number of likely N-dealkylation sites (N-methyl/N-ethyl adjacent to an activating group) is 1. The van der Waals surface area contributed by atoms with Crippen molar-refractivity contribution < 1.29 is 27.8 Å². The van der Waals surface area contributed by atoms with E-state index in [4.69, 9.17) is 4.74 Å². The van der Waals surface area contributed by atoms with Gasteiger partial charge in [0.05, 0.1) is 15.5 Å². The standard InChI is InChI=1S/C29H35F3N2O3S2/c1-27(30,26(35)36)18-37-23-14-24-22(13-25(23)38-21-15-29(16-21)11-12-29)34(19-7-5-4-6-8-19)17-20(33(3)39-24)9-10-28(2,31)32/h4-8,13-14,20-21H,9-12,15-18H2,1-3H3,(H,35,36)/t20?,27-/m1/s1. The van der Waals surface area contributed by atoms with Crippen molar-refractivity contribution in [2.75, 3.05) is 25.1 Å². The molecule has 2 aliphatic carbocycles. The van der Waals surface area contributed by atoms with Gasteiger partial charge in [-0.3, -0.25) is 0 Å². The summed E-state index contributed by atoms with van der Waals surface area (Å²) in [6.45, 7) is 1.87. The zero-order chi connectivity index (χ0) is 28.0. The van der Waals surface area contributed by atoms with Crippen LogP contribution in [0.2, 0.25) is 0 Å². The van der Waals surface area contributed by atoms with Crippen LogP contribution in [0.3, 0.4) is 0 Å². The van der Waals surface area contributed by atoms with E-state index >= 15 is 0 Å². The second kappa shape index (κ2) is 10.7. The minimum Gasteiger partial charge on any atom is -0.488 e. The molecule has 3 aliphatic rings. The van der Waals surface area contributed by atoms with Crippen molar-refractivity contribution in [1.29, 1.82) is 0 Å². The highest BCUT2D eigenvalue weighted by atomic mass is 32.2. The molecule has 0 bridgehead atoms. The predicted octanol–water partition coefficient (Wildman–Crippen LogP) is 7.81. The van der Waals surface area contributed by atoms with Crippen molar-refractivity contribution in [3.05, 3.63) is 42.5 Å². The SMILES string of the molecule is CN1Sc2cc(OC[C@@](C)(F)C(=O)O)c(SC3CC4(CC4)C3)cc2N(c2ccccc2)CC1CCC(C)(F)F. The van der Waals surface area contributed by atoms with E-state index in [0.717, 1.165) is 47.9 Å². The number of thioether (sulfide) groups is 1.